The van der Waals surface area contributed by atoms with Crippen LogP contribution in [0.5, 0.6) is 5.75 Å². The number of carbonyl (C=O) groups excluding carboxylic acids is 1. The van der Waals surface area contributed by atoms with Crippen molar-refractivity contribution < 1.29 is 14.3 Å². The zero-order chi connectivity index (χ0) is 21.5. The van der Waals surface area contributed by atoms with Crippen LogP contribution in [0.1, 0.15) is 56.2 Å². The van der Waals surface area contributed by atoms with Crippen molar-refractivity contribution in [2.45, 2.75) is 51.6 Å². The van der Waals surface area contributed by atoms with Gasteiger partial charge < -0.3 is 9.47 Å². The molecule has 2 atom stereocenters. The number of methoxy groups -OCH3 is 1. The molecule has 30 heavy (non-hydrogen) atoms. The Bertz CT molecular complexity index is 1110. The van der Waals surface area contributed by atoms with E-state index in [1.807, 2.05) is 64.2 Å². The van der Waals surface area contributed by atoms with Crippen LogP contribution < -0.4 is 10.1 Å². The van der Waals surface area contributed by atoms with Crippen LogP contribution in [0.15, 0.2) is 36.5 Å². The van der Waals surface area contributed by atoms with Gasteiger partial charge in [0.2, 0.25) is 0 Å². The Hall–Kier alpha value is -3.22. The monoisotopic (exact) mass is 406 g/mol. The first-order valence-corrected chi connectivity index (χ1v) is 10.0. The molecule has 0 spiro atoms. The zero-order valence-electron chi connectivity index (χ0n) is 17.9. The third-order valence-electron chi connectivity index (χ3n) is 4.98. The molecule has 156 valence electrons. The van der Waals surface area contributed by atoms with Gasteiger partial charge in [0.1, 0.15) is 17.2 Å². The molecule has 1 saturated carbocycles. The van der Waals surface area contributed by atoms with E-state index < -0.39 is 11.7 Å². The van der Waals surface area contributed by atoms with Crippen molar-refractivity contribution in [3.63, 3.8) is 0 Å². The smallest absolute Gasteiger partial charge is 0.412 e. The molecule has 1 aromatic carbocycles. The molecule has 4 rings (SSSR count). The van der Waals surface area contributed by atoms with Crippen molar-refractivity contribution in [2.24, 2.45) is 0 Å². The standard InChI is InChI=1S/C23H26N4O3/c1-13-8-9-24-21(25-13)16-11-15(16)17-7-6-14-10-20(29-5)19(12-18(14)26-17)27-22(28)30-23(2,3)4/h6-10,12,15-16H,11H2,1-5H3,(H,27,28)/t15-,16-/m0/s1. The lowest BCUT2D eigenvalue weighted by atomic mass is 10.1. The molecule has 2 heterocycles. The highest BCUT2D eigenvalue weighted by molar-refractivity contribution is 5.93. The zero-order valence-corrected chi connectivity index (χ0v) is 17.9. The van der Waals surface area contributed by atoms with E-state index in [-0.39, 0.29) is 0 Å². The molecular weight excluding hydrogens is 380 g/mol. The van der Waals surface area contributed by atoms with Crippen LogP contribution in [0, 0.1) is 6.92 Å². The van der Waals surface area contributed by atoms with Gasteiger partial charge in [-0.3, -0.25) is 10.3 Å². The minimum atomic E-state index is -0.585. The highest BCUT2D eigenvalue weighted by Gasteiger charge is 2.42. The van der Waals surface area contributed by atoms with Gasteiger partial charge in [-0.2, -0.15) is 0 Å². The molecule has 0 saturated heterocycles. The molecule has 1 aliphatic carbocycles. The van der Waals surface area contributed by atoms with Gasteiger partial charge in [0.15, 0.2) is 0 Å². The van der Waals surface area contributed by atoms with Crippen molar-refractivity contribution in [1.82, 2.24) is 15.0 Å². The number of ether oxygens (including phenoxy) is 2. The predicted octanol–water partition coefficient (Wildman–Crippen LogP) is 4.96. The Morgan fingerprint density at radius 3 is 2.63 bits per heavy atom. The van der Waals surface area contributed by atoms with Gasteiger partial charge in [-0.1, -0.05) is 6.07 Å². The van der Waals surface area contributed by atoms with Crippen LogP contribution >= 0.6 is 0 Å². The number of rotatable bonds is 4. The SMILES string of the molecule is COc1cc2ccc([C@H]3C[C@@H]3c3nccc(C)n3)nc2cc1NC(=O)OC(C)(C)C. The average Bonchev–Trinajstić information content (AvgIpc) is 3.46. The number of pyridine rings is 1. The molecule has 1 N–H and O–H groups in total. The Balaban J connectivity index is 1.60. The minimum Gasteiger partial charge on any atom is -0.495 e. The first-order chi connectivity index (χ1) is 14.2. The second kappa shape index (κ2) is 7.55. The molecule has 7 nitrogen and oxygen atoms in total. The van der Waals surface area contributed by atoms with E-state index in [9.17, 15) is 4.79 Å². The summed E-state index contributed by atoms with van der Waals surface area (Å²) in [6, 6.07) is 9.67. The number of nitrogens with one attached hydrogen (secondary N) is 1. The number of anilines is 1. The minimum absolute atomic E-state index is 0.299. The van der Waals surface area contributed by atoms with Gasteiger partial charge in [0.25, 0.3) is 0 Å². The number of nitrogens with zero attached hydrogens (tertiary/aromatic N) is 3. The van der Waals surface area contributed by atoms with E-state index >= 15 is 0 Å². The Morgan fingerprint density at radius 2 is 1.93 bits per heavy atom. The summed E-state index contributed by atoms with van der Waals surface area (Å²) in [6.45, 7) is 7.44. The fraction of sp³-hybridized carbons (Fsp3) is 0.391. The van der Waals surface area contributed by atoms with Crippen molar-refractivity contribution >= 4 is 22.7 Å². The Morgan fingerprint density at radius 1 is 1.13 bits per heavy atom. The average molecular weight is 406 g/mol. The molecule has 0 unspecified atom stereocenters. The van der Waals surface area contributed by atoms with E-state index in [0.717, 1.165) is 34.5 Å². The van der Waals surface area contributed by atoms with Crippen LogP contribution in [0.3, 0.4) is 0 Å². The maximum Gasteiger partial charge on any atom is 0.412 e. The van der Waals surface area contributed by atoms with Gasteiger partial charge in [-0.15, -0.1) is 0 Å². The first-order valence-electron chi connectivity index (χ1n) is 10.0. The van der Waals surface area contributed by atoms with Gasteiger partial charge in [-0.05, 0) is 58.4 Å². The van der Waals surface area contributed by atoms with E-state index in [0.29, 0.717) is 23.3 Å². The Kier molecular flexibility index (Phi) is 5.05. The fourth-order valence-corrected chi connectivity index (χ4v) is 3.51. The molecule has 3 aromatic rings. The van der Waals surface area contributed by atoms with Crippen LogP contribution in [0.25, 0.3) is 10.9 Å². The summed E-state index contributed by atoms with van der Waals surface area (Å²) in [4.78, 5) is 26.0. The molecule has 1 aliphatic rings. The van der Waals surface area contributed by atoms with Crippen molar-refractivity contribution in [3.8, 4) is 5.75 Å². The first kappa shape index (κ1) is 20.1. The number of benzene rings is 1. The topological polar surface area (TPSA) is 86.2 Å². The third kappa shape index (κ3) is 4.35. The van der Waals surface area contributed by atoms with E-state index in [2.05, 4.69) is 15.3 Å². The van der Waals surface area contributed by atoms with Gasteiger partial charge in [-0.25, -0.2) is 14.8 Å². The summed E-state index contributed by atoms with van der Waals surface area (Å²) < 4.78 is 10.8. The summed E-state index contributed by atoms with van der Waals surface area (Å²) in [5, 5.41) is 3.71. The molecule has 1 fully saturated rings. The normalized spacial score (nSPS) is 18.2. The highest BCUT2D eigenvalue weighted by Crippen LogP contribution is 2.53. The third-order valence-corrected chi connectivity index (χ3v) is 4.98. The second-order valence-corrected chi connectivity index (χ2v) is 8.61. The van der Waals surface area contributed by atoms with Gasteiger partial charge >= 0.3 is 6.09 Å². The summed E-state index contributed by atoms with van der Waals surface area (Å²) in [7, 11) is 1.57. The summed E-state index contributed by atoms with van der Waals surface area (Å²) >= 11 is 0. The van der Waals surface area contributed by atoms with E-state index in [1.54, 1.807) is 7.11 Å². The fourth-order valence-electron chi connectivity index (χ4n) is 3.51. The van der Waals surface area contributed by atoms with E-state index in [1.165, 1.54) is 0 Å². The summed E-state index contributed by atoms with van der Waals surface area (Å²) in [6.07, 6.45) is 2.26. The van der Waals surface area contributed by atoms with Crippen molar-refractivity contribution in [1.29, 1.82) is 0 Å². The molecule has 2 aromatic heterocycles. The van der Waals surface area contributed by atoms with Crippen molar-refractivity contribution in [3.05, 3.63) is 53.7 Å². The highest BCUT2D eigenvalue weighted by atomic mass is 16.6. The molecule has 0 radical (unpaired) electrons. The number of aryl methyl sites for hydroxylation is 1. The molecule has 7 heteroatoms. The maximum absolute atomic E-state index is 12.2. The maximum atomic E-state index is 12.2. The van der Waals surface area contributed by atoms with Crippen LogP contribution in [0.4, 0.5) is 10.5 Å². The Labute approximate surface area is 175 Å². The van der Waals surface area contributed by atoms with Crippen LogP contribution in [-0.2, 0) is 4.74 Å². The molecular formula is C23H26N4O3. The predicted molar refractivity (Wildman–Crippen MR) is 115 cm³/mol. The number of aromatic nitrogens is 3. The van der Waals surface area contributed by atoms with Crippen LogP contribution in [0.2, 0.25) is 0 Å². The van der Waals surface area contributed by atoms with E-state index in [4.69, 9.17) is 14.5 Å². The molecule has 0 bridgehead atoms. The summed E-state index contributed by atoms with van der Waals surface area (Å²) in [5.74, 6) is 2.04. The quantitative estimate of drug-likeness (QED) is 0.659. The lowest BCUT2D eigenvalue weighted by Gasteiger charge is -2.20. The lowest BCUT2D eigenvalue weighted by molar-refractivity contribution is 0.0635. The van der Waals surface area contributed by atoms with Crippen molar-refractivity contribution in [2.75, 3.05) is 12.4 Å². The number of hydrogen-bond donors (Lipinski definition) is 1. The second-order valence-electron chi connectivity index (χ2n) is 8.61. The van der Waals surface area contributed by atoms with Crippen LogP contribution in [-0.4, -0.2) is 33.8 Å². The number of amides is 1. The number of carbonyl (C=O) groups is 1. The largest absolute Gasteiger partial charge is 0.495 e. The van der Waals surface area contributed by atoms with Gasteiger partial charge in [0.05, 0.1) is 18.3 Å². The lowest BCUT2D eigenvalue weighted by Crippen LogP contribution is -2.27. The van der Waals surface area contributed by atoms with Gasteiger partial charge in [0, 0.05) is 34.8 Å². The number of hydrogen-bond acceptors (Lipinski definition) is 6. The summed E-state index contributed by atoms with van der Waals surface area (Å²) in [5.41, 5.74) is 2.71. The molecule has 1 amide bonds. The molecule has 0 aliphatic heterocycles. The number of fused-ring (bicyclic) bond motifs is 1.